The first-order valence-electron chi connectivity index (χ1n) is 8.52. The van der Waals surface area contributed by atoms with Crippen molar-refractivity contribution in [2.45, 2.75) is 15.8 Å². The van der Waals surface area contributed by atoms with Crippen LogP contribution in [0.25, 0.3) is 5.69 Å². The third kappa shape index (κ3) is 4.52. The highest BCUT2D eigenvalue weighted by molar-refractivity contribution is 7.98. The van der Waals surface area contributed by atoms with Gasteiger partial charge in [0.25, 0.3) is 0 Å². The highest BCUT2D eigenvalue weighted by Gasteiger charge is 2.18. The minimum atomic E-state index is -3.49. The van der Waals surface area contributed by atoms with Gasteiger partial charge in [-0.25, -0.2) is 12.7 Å². The second-order valence-corrected chi connectivity index (χ2v) is 9.23. The number of thioether (sulfide) groups is 1. The fourth-order valence-corrected chi connectivity index (χ4v) is 4.34. The van der Waals surface area contributed by atoms with Crippen molar-refractivity contribution in [3.8, 4) is 17.2 Å². The van der Waals surface area contributed by atoms with Gasteiger partial charge in [0.15, 0.2) is 0 Å². The van der Waals surface area contributed by atoms with E-state index in [1.165, 1.54) is 30.2 Å². The number of rotatable bonds is 8. The first kappa shape index (κ1) is 21.1. The number of tetrazole rings is 1. The van der Waals surface area contributed by atoms with Crippen molar-refractivity contribution in [3.63, 3.8) is 0 Å². The predicted octanol–water partition coefficient (Wildman–Crippen LogP) is 2.22. The Morgan fingerprint density at radius 3 is 2.59 bits per heavy atom. The molecule has 3 rings (SSSR count). The lowest BCUT2D eigenvalue weighted by Crippen LogP contribution is -2.22. The largest absolute Gasteiger partial charge is 0.497 e. The van der Waals surface area contributed by atoms with E-state index < -0.39 is 10.0 Å². The molecule has 154 valence electrons. The van der Waals surface area contributed by atoms with Crippen molar-refractivity contribution in [1.82, 2.24) is 24.5 Å². The topological polar surface area (TPSA) is 99.4 Å². The molecule has 0 bridgehead atoms. The average molecular weight is 436 g/mol. The van der Waals surface area contributed by atoms with Gasteiger partial charge in [-0.15, -0.1) is 5.10 Å². The zero-order chi connectivity index (χ0) is 21.0. The molecule has 0 fully saturated rings. The summed E-state index contributed by atoms with van der Waals surface area (Å²) >= 11 is 1.38. The van der Waals surface area contributed by atoms with Crippen LogP contribution in [0.5, 0.6) is 11.5 Å². The van der Waals surface area contributed by atoms with Crippen LogP contribution in [0.4, 0.5) is 0 Å². The normalized spacial score (nSPS) is 11.6. The van der Waals surface area contributed by atoms with Gasteiger partial charge in [0.2, 0.25) is 15.2 Å². The van der Waals surface area contributed by atoms with E-state index in [2.05, 4.69) is 15.5 Å². The smallest absolute Gasteiger partial charge is 0.242 e. The van der Waals surface area contributed by atoms with Gasteiger partial charge in [0, 0.05) is 25.9 Å². The third-order valence-corrected chi connectivity index (χ3v) is 6.90. The van der Waals surface area contributed by atoms with E-state index in [1.54, 1.807) is 55.3 Å². The fraction of sp³-hybridized carbons (Fsp3) is 0.278. The molecule has 2 aromatic carbocycles. The molecule has 0 saturated carbocycles. The van der Waals surface area contributed by atoms with Crippen LogP contribution in [0.15, 0.2) is 52.5 Å². The maximum absolute atomic E-state index is 12.3. The van der Waals surface area contributed by atoms with Crippen molar-refractivity contribution < 1.29 is 17.9 Å². The maximum atomic E-state index is 12.3. The number of hydrogen-bond acceptors (Lipinski definition) is 8. The van der Waals surface area contributed by atoms with Gasteiger partial charge < -0.3 is 9.47 Å². The molecule has 0 radical (unpaired) electrons. The standard InChI is InChI=1S/C18H21N5O4S2/c1-22(2)29(24,25)15-7-5-6-13(10-15)12-28-18-19-20-21-23(18)16-11-14(26-3)8-9-17(16)27-4/h5-11H,12H2,1-4H3. The second kappa shape index (κ2) is 8.80. The Morgan fingerprint density at radius 2 is 1.90 bits per heavy atom. The van der Waals surface area contributed by atoms with Gasteiger partial charge >= 0.3 is 0 Å². The number of hydrogen-bond donors (Lipinski definition) is 0. The van der Waals surface area contributed by atoms with Crippen LogP contribution < -0.4 is 9.47 Å². The van der Waals surface area contributed by atoms with Gasteiger partial charge in [-0.05, 0) is 40.3 Å². The van der Waals surface area contributed by atoms with Crippen molar-refractivity contribution in [3.05, 3.63) is 48.0 Å². The Labute approximate surface area is 173 Å². The second-order valence-electron chi connectivity index (χ2n) is 6.13. The van der Waals surface area contributed by atoms with Crippen LogP contribution in [-0.2, 0) is 15.8 Å². The molecular formula is C18H21N5O4S2. The van der Waals surface area contributed by atoms with Gasteiger partial charge in [0.1, 0.15) is 17.2 Å². The lowest BCUT2D eigenvalue weighted by Gasteiger charge is -2.12. The molecule has 1 heterocycles. The van der Waals surface area contributed by atoms with Gasteiger partial charge in [0.05, 0.1) is 19.1 Å². The van der Waals surface area contributed by atoms with Gasteiger partial charge in [-0.2, -0.15) is 4.68 Å². The van der Waals surface area contributed by atoms with E-state index in [0.29, 0.717) is 28.1 Å². The summed E-state index contributed by atoms with van der Waals surface area (Å²) in [5.41, 5.74) is 1.48. The number of nitrogens with zero attached hydrogens (tertiary/aromatic N) is 5. The summed E-state index contributed by atoms with van der Waals surface area (Å²) in [6.07, 6.45) is 0. The summed E-state index contributed by atoms with van der Waals surface area (Å²) < 4.78 is 38.1. The minimum Gasteiger partial charge on any atom is -0.497 e. The monoisotopic (exact) mass is 435 g/mol. The number of ether oxygens (including phenoxy) is 2. The average Bonchev–Trinajstić information content (AvgIpc) is 3.20. The molecule has 0 amide bonds. The Bertz CT molecular complexity index is 1100. The van der Waals surface area contributed by atoms with Gasteiger partial charge in [-0.1, -0.05) is 23.9 Å². The molecule has 0 atom stereocenters. The molecule has 3 aromatic rings. The van der Waals surface area contributed by atoms with E-state index in [9.17, 15) is 8.42 Å². The van der Waals surface area contributed by atoms with E-state index in [4.69, 9.17) is 9.47 Å². The summed E-state index contributed by atoms with van der Waals surface area (Å²) in [5, 5.41) is 12.4. The Balaban J connectivity index is 1.86. The van der Waals surface area contributed by atoms with Crippen LogP contribution in [0.3, 0.4) is 0 Å². The highest BCUT2D eigenvalue weighted by atomic mass is 32.2. The van der Waals surface area contributed by atoms with Crippen LogP contribution in [-0.4, -0.2) is 61.2 Å². The fourth-order valence-electron chi connectivity index (χ4n) is 2.54. The molecule has 11 heteroatoms. The first-order valence-corrected chi connectivity index (χ1v) is 10.9. The zero-order valence-corrected chi connectivity index (χ0v) is 18.1. The molecule has 0 saturated heterocycles. The molecule has 0 aliphatic carbocycles. The summed E-state index contributed by atoms with van der Waals surface area (Å²) in [5.74, 6) is 1.73. The van der Waals surface area contributed by atoms with Crippen molar-refractivity contribution in [2.75, 3.05) is 28.3 Å². The molecule has 0 unspecified atom stereocenters. The summed E-state index contributed by atoms with van der Waals surface area (Å²) in [4.78, 5) is 0.245. The molecule has 29 heavy (non-hydrogen) atoms. The van der Waals surface area contributed by atoms with E-state index in [0.717, 1.165) is 5.56 Å². The third-order valence-electron chi connectivity index (χ3n) is 4.10. The first-order chi connectivity index (χ1) is 13.9. The van der Waals surface area contributed by atoms with Crippen LogP contribution >= 0.6 is 11.8 Å². The summed E-state index contributed by atoms with van der Waals surface area (Å²) in [7, 11) is 2.67. The number of sulfonamides is 1. The quantitative estimate of drug-likeness (QED) is 0.497. The van der Waals surface area contributed by atoms with Crippen molar-refractivity contribution in [2.24, 2.45) is 0 Å². The summed E-state index contributed by atoms with van der Waals surface area (Å²) in [6.45, 7) is 0. The lowest BCUT2D eigenvalue weighted by molar-refractivity contribution is 0.399. The zero-order valence-electron chi connectivity index (χ0n) is 16.4. The predicted molar refractivity (Wildman–Crippen MR) is 109 cm³/mol. The van der Waals surface area contributed by atoms with Crippen LogP contribution in [0.2, 0.25) is 0 Å². The van der Waals surface area contributed by atoms with E-state index in [-0.39, 0.29) is 4.90 Å². The molecule has 0 N–H and O–H groups in total. The Kier molecular flexibility index (Phi) is 6.40. The molecule has 0 aliphatic rings. The summed E-state index contributed by atoms with van der Waals surface area (Å²) in [6, 6.07) is 12.2. The van der Waals surface area contributed by atoms with E-state index >= 15 is 0 Å². The number of benzene rings is 2. The number of methoxy groups -OCH3 is 2. The van der Waals surface area contributed by atoms with Crippen molar-refractivity contribution >= 4 is 21.8 Å². The number of aromatic nitrogens is 4. The molecular weight excluding hydrogens is 414 g/mol. The van der Waals surface area contributed by atoms with Gasteiger partial charge in [-0.3, -0.25) is 0 Å². The Hall–Kier alpha value is -2.63. The SMILES string of the molecule is COc1ccc(OC)c(-n2nnnc2SCc2cccc(S(=O)(=O)N(C)C)c2)c1. The van der Waals surface area contributed by atoms with Crippen LogP contribution in [0.1, 0.15) is 5.56 Å². The Morgan fingerprint density at radius 1 is 1.10 bits per heavy atom. The minimum absolute atomic E-state index is 0.245. The maximum Gasteiger partial charge on any atom is 0.242 e. The van der Waals surface area contributed by atoms with E-state index in [1.807, 2.05) is 6.07 Å². The molecule has 0 spiro atoms. The molecule has 9 nitrogen and oxygen atoms in total. The van der Waals surface area contributed by atoms with Crippen molar-refractivity contribution in [1.29, 1.82) is 0 Å². The lowest BCUT2D eigenvalue weighted by atomic mass is 10.2. The molecule has 0 aliphatic heterocycles. The molecule has 1 aromatic heterocycles. The van der Waals surface area contributed by atoms with Crippen LogP contribution in [0, 0.1) is 0 Å². The highest BCUT2D eigenvalue weighted by Crippen LogP contribution is 2.31.